The third-order valence-electron chi connectivity index (χ3n) is 5.89. The molecule has 5 N–H and O–H groups in total. The van der Waals surface area contributed by atoms with Crippen molar-refractivity contribution in [1.82, 2.24) is 20.4 Å². The first-order valence-electron chi connectivity index (χ1n) is 10.9. The van der Waals surface area contributed by atoms with Gasteiger partial charge in [-0.15, -0.1) is 11.8 Å². The van der Waals surface area contributed by atoms with Crippen LogP contribution in [0.15, 0.2) is 57.5 Å². The summed E-state index contributed by atoms with van der Waals surface area (Å²) >= 11 is 1.31. The standard InChI is InChI=1S/C22H20N8O6S/c1-35-27-14(17-26-22(24)36-28-17)18(31)25-15-19(32)30-16(21(33)34)10(9-37-20(15)30)8-29-7-3-4-11-12(23)5-2-6-13(11)29/h2-7,15,20,23H,8-9H2,1H3,(H4,24,25,26,28,31,33,34)/t15?,20-/m0/s1. The fraction of sp³-hybridized carbons (Fsp3) is 0.227. The maximum absolute atomic E-state index is 13.0. The van der Waals surface area contributed by atoms with E-state index in [-0.39, 0.29) is 35.5 Å². The van der Waals surface area contributed by atoms with Crippen molar-refractivity contribution in [1.29, 1.82) is 0 Å². The Kier molecular flexibility index (Phi) is 6.12. The molecule has 0 saturated carbocycles. The molecule has 14 nitrogen and oxygen atoms in total. The highest BCUT2D eigenvalue weighted by molar-refractivity contribution is 8.00. The number of pyridine rings is 1. The maximum atomic E-state index is 13.0. The molecule has 2 amide bonds. The molecule has 3 aromatic rings. The Balaban J connectivity index is 1.39. The Morgan fingerprint density at radius 3 is 2.86 bits per heavy atom. The quantitative estimate of drug-likeness (QED) is 0.103. The monoisotopic (exact) mass is 524 g/mol. The predicted molar refractivity (Wildman–Crippen MR) is 128 cm³/mol. The number of carboxylic acid groups (broad SMARTS) is 1. The molecule has 190 valence electrons. The number of oxime groups is 1. The molecule has 0 bridgehead atoms. The van der Waals surface area contributed by atoms with E-state index in [4.69, 9.17) is 11.5 Å². The second-order valence-corrected chi connectivity index (χ2v) is 9.20. The van der Waals surface area contributed by atoms with Gasteiger partial charge in [-0.2, -0.15) is 9.55 Å². The molecule has 1 aromatic carbocycles. The van der Waals surface area contributed by atoms with Crippen LogP contribution in [0.2, 0.25) is 0 Å². The number of rotatable bonds is 7. The summed E-state index contributed by atoms with van der Waals surface area (Å²) in [5.41, 5.74) is 12.8. The van der Waals surface area contributed by atoms with Crippen molar-refractivity contribution in [3.8, 4) is 0 Å². The van der Waals surface area contributed by atoms with Gasteiger partial charge >= 0.3 is 6.01 Å². The number of aromatic nitrogens is 3. The number of benzene rings is 1. The Bertz CT molecular complexity index is 1500. The van der Waals surface area contributed by atoms with Crippen LogP contribution in [0.5, 0.6) is 0 Å². The lowest BCUT2D eigenvalue weighted by Crippen LogP contribution is -2.71. The molecule has 37 heavy (non-hydrogen) atoms. The highest BCUT2D eigenvalue weighted by Crippen LogP contribution is 2.40. The highest BCUT2D eigenvalue weighted by atomic mass is 32.2. The number of carbonyl (C=O) groups excluding carboxylic acids is 3. The van der Waals surface area contributed by atoms with Crippen molar-refractivity contribution in [2.45, 2.75) is 18.0 Å². The zero-order valence-corrected chi connectivity index (χ0v) is 20.1. The molecule has 15 heteroatoms. The number of thioether (sulfide) groups is 1. The number of hydrogen-bond donors (Lipinski definition) is 3. The molecular weight excluding hydrogens is 504 g/mol. The summed E-state index contributed by atoms with van der Waals surface area (Å²) in [6.07, 6.45) is 1.81. The summed E-state index contributed by atoms with van der Waals surface area (Å²) in [4.78, 5) is 47.5. The average molecular weight is 525 g/mol. The van der Waals surface area contributed by atoms with Gasteiger partial charge in [-0.05, 0) is 12.1 Å². The van der Waals surface area contributed by atoms with Crippen LogP contribution >= 0.6 is 11.8 Å². The van der Waals surface area contributed by atoms with Crippen molar-refractivity contribution in [2.75, 3.05) is 24.3 Å². The van der Waals surface area contributed by atoms with Crippen LogP contribution in [0.4, 0.5) is 11.7 Å². The molecule has 1 saturated heterocycles. The summed E-state index contributed by atoms with van der Waals surface area (Å²) in [5, 5.41) is 22.0. The zero-order chi connectivity index (χ0) is 26.3. The van der Waals surface area contributed by atoms with Gasteiger partial charge in [0.25, 0.3) is 11.8 Å². The number of carboxylic acids is 1. The minimum Gasteiger partial charge on any atom is -0.543 e. The summed E-state index contributed by atoms with van der Waals surface area (Å²) in [6, 6.07) is 7.84. The van der Waals surface area contributed by atoms with E-state index in [0.717, 1.165) is 15.8 Å². The van der Waals surface area contributed by atoms with E-state index in [1.54, 1.807) is 12.3 Å². The van der Waals surface area contributed by atoms with Gasteiger partial charge in [0, 0.05) is 29.1 Å². The predicted octanol–water partition coefficient (Wildman–Crippen LogP) is -1.87. The third-order valence-corrected chi connectivity index (χ3v) is 7.23. The Labute approximate surface area is 212 Å². The SMILES string of the molecule is CON=C(C(=O)NC1C(=O)N2C(C(=O)[O-])=C(C[n+]3cccc4c(N)cccc43)CS[C@@H]12)c1noc(N)n1. The number of nitrogens with two attached hydrogens (primary N) is 2. The number of nitrogens with one attached hydrogen (secondary N) is 1. The first kappa shape index (κ1) is 24.1. The van der Waals surface area contributed by atoms with Crippen LogP contribution in [0, 0.1) is 0 Å². The van der Waals surface area contributed by atoms with E-state index in [0.29, 0.717) is 11.3 Å². The van der Waals surface area contributed by atoms with Gasteiger partial charge in [-0.25, -0.2) is 0 Å². The second kappa shape index (κ2) is 9.42. The summed E-state index contributed by atoms with van der Waals surface area (Å²) < 4.78 is 6.52. The lowest BCUT2D eigenvalue weighted by Gasteiger charge is -2.50. The van der Waals surface area contributed by atoms with Crippen LogP contribution in [0.25, 0.3) is 10.9 Å². The van der Waals surface area contributed by atoms with Gasteiger partial charge in [-0.1, -0.05) is 16.4 Å². The molecule has 2 atom stereocenters. The Morgan fingerprint density at radius 1 is 1.35 bits per heavy atom. The number of carbonyl (C=O) groups is 3. The maximum Gasteiger partial charge on any atom is 0.319 e. The van der Waals surface area contributed by atoms with Crippen LogP contribution in [-0.4, -0.2) is 62.8 Å². The van der Waals surface area contributed by atoms with Gasteiger partial charge in [0.1, 0.15) is 18.5 Å². The minimum absolute atomic E-state index is 0.203. The number of anilines is 2. The van der Waals surface area contributed by atoms with E-state index in [2.05, 4.69) is 30.0 Å². The van der Waals surface area contributed by atoms with Gasteiger partial charge in [-0.3, -0.25) is 14.5 Å². The number of nitrogens with zero attached hydrogens (tertiary/aromatic N) is 5. The van der Waals surface area contributed by atoms with Crippen molar-refractivity contribution >= 4 is 57.9 Å². The van der Waals surface area contributed by atoms with E-state index >= 15 is 0 Å². The molecule has 2 aromatic heterocycles. The van der Waals surface area contributed by atoms with E-state index in [1.807, 2.05) is 28.8 Å². The van der Waals surface area contributed by atoms with Crippen LogP contribution in [-0.2, 0) is 25.8 Å². The van der Waals surface area contributed by atoms with Crippen LogP contribution in [0.1, 0.15) is 5.82 Å². The fourth-order valence-electron chi connectivity index (χ4n) is 4.28. The zero-order valence-electron chi connectivity index (χ0n) is 19.3. The molecule has 2 aliphatic rings. The first-order valence-corrected chi connectivity index (χ1v) is 11.9. The van der Waals surface area contributed by atoms with Gasteiger partial charge in [0.05, 0.1) is 17.1 Å². The average Bonchev–Trinajstić information content (AvgIpc) is 3.31. The Morgan fingerprint density at radius 2 is 2.16 bits per heavy atom. The molecular formula is C22H20N8O6S. The molecule has 2 aliphatic heterocycles. The van der Waals surface area contributed by atoms with Gasteiger partial charge in [0.15, 0.2) is 12.7 Å². The number of β-lactam (4-membered cyclic amide) rings is 1. The van der Waals surface area contributed by atoms with E-state index in [1.165, 1.54) is 18.9 Å². The highest BCUT2D eigenvalue weighted by Gasteiger charge is 2.53. The van der Waals surface area contributed by atoms with Gasteiger partial charge in [0.2, 0.25) is 17.1 Å². The van der Waals surface area contributed by atoms with Crippen LogP contribution in [0.3, 0.4) is 0 Å². The smallest absolute Gasteiger partial charge is 0.319 e. The first-order chi connectivity index (χ1) is 17.8. The second-order valence-electron chi connectivity index (χ2n) is 8.10. The van der Waals surface area contributed by atoms with Crippen molar-refractivity contribution in [3.63, 3.8) is 0 Å². The fourth-order valence-corrected chi connectivity index (χ4v) is 5.61. The van der Waals surface area contributed by atoms with Crippen molar-refractivity contribution in [2.24, 2.45) is 5.16 Å². The topological polar surface area (TPSA) is 206 Å². The molecule has 0 radical (unpaired) electrons. The minimum atomic E-state index is -1.48. The van der Waals surface area contributed by atoms with Crippen molar-refractivity contribution < 1.29 is 33.4 Å². The number of fused-ring (bicyclic) bond motifs is 2. The summed E-state index contributed by atoms with van der Waals surface area (Å²) in [6.45, 7) is 0.203. The molecule has 1 unspecified atom stereocenters. The number of hydrogen-bond acceptors (Lipinski definition) is 12. The number of nitrogen functional groups attached to an aromatic ring is 2. The normalized spacial score (nSPS) is 19.4. The molecule has 0 aliphatic carbocycles. The molecule has 5 rings (SSSR count). The molecule has 4 heterocycles. The number of aliphatic carboxylic acids is 1. The lowest BCUT2D eigenvalue weighted by molar-refractivity contribution is -0.663. The molecule has 1 fully saturated rings. The largest absolute Gasteiger partial charge is 0.543 e. The van der Waals surface area contributed by atoms with E-state index < -0.39 is 29.2 Å². The summed E-state index contributed by atoms with van der Waals surface area (Å²) in [5.74, 6) is -2.87. The summed E-state index contributed by atoms with van der Waals surface area (Å²) in [7, 11) is 1.21. The third kappa shape index (κ3) is 4.18. The molecule has 0 spiro atoms. The van der Waals surface area contributed by atoms with E-state index in [9.17, 15) is 19.5 Å². The number of amides is 2. The Hall–Kier alpha value is -4.66. The van der Waals surface area contributed by atoms with Gasteiger partial charge < -0.3 is 36.0 Å². The van der Waals surface area contributed by atoms with Crippen LogP contribution < -0.4 is 26.5 Å². The van der Waals surface area contributed by atoms with Crippen molar-refractivity contribution in [3.05, 3.63) is 53.6 Å². The lowest BCUT2D eigenvalue weighted by atomic mass is 10.0.